The monoisotopic (exact) mass is 515 g/mol. The van der Waals surface area contributed by atoms with Gasteiger partial charge in [0.05, 0.1) is 21.8 Å². The van der Waals surface area contributed by atoms with Crippen molar-refractivity contribution in [2.45, 2.75) is 19.5 Å². The zero-order chi connectivity index (χ0) is 25.9. The molecule has 0 atom stereocenters. The number of aromatic nitrogens is 2. The minimum atomic E-state index is -4.73. The predicted molar refractivity (Wildman–Crippen MR) is 128 cm³/mol. The molecule has 0 spiro atoms. The van der Waals surface area contributed by atoms with Crippen molar-refractivity contribution in [3.05, 3.63) is 101 Å². The van der Waals surface area contributed by atoms with Crippen molar-refractivity contribution in [3.8, 4) is 22.8 Å². The predicted octanol–water partition coefficient (Wildman–Crippen LogP) is 7.56. The molecule has 10 heteroatoms. The van der Waals surface area contributed by atoms with E-state index in [2.05, 4.69) is 15.3 Å². The largest absolute Gasteiger partial charge is 0.438 e. The molecule has 2 aromatic heterocycles. The minimum absolute atomic E-state index is 0.0191. The van der Waals surface area contributed by atoms with Gasteiger partial charge in [-0.05, 0) is 66.6 Å². The molecule has 0 unspecified atom stereocenters. The van der Waals surface area contributed by atoms with Gasteiger partial charge >= 0.3 is 6.18 Å². The van der Waals surface area contributed by atoms with Gasteiger partial charge in [0, 0.05) is 29.7 Å². The highest BCUT2D eigenvalue weighted by Gasteiger charge is 2.32. The average molecular weight is 516 g/mol. The third-order valence-corrected chi connectivity index (χ3v) is 5.53. The van der Waals surface area contributed by atoms with Gasteiger partial charge in [-0.1, -0.05) is 18.5 Å². The second-order valence-corrected chi connectivity index (χ2v) is 8.04. The third kappa shape index (κ3) is 5.63. The first-order valence-electron chi connectivity index (χ1n) is 10.7. The molecule has 184 valence electrons. The number of rotatable bonds is 6. The van der Waals surface area contributed by atoms with Crippen molar-refractivity contribution < 1.29 is 27.1 Å². The minimum Gasteiger partial charge on any atom is -0.438 e. The molecule has 0 radical (unpaired) electrons. The molecule has 0 fully saturated rings. The van der Waals surface area contributed by atoms with Crippen LogP contribution in [0.5, 0.6) is 11.6 Å². The van der Waals surface area contributed by atoms with Crippen LogP contribution in [0.2, 0.25) is 5.02 Å². The van der Waals surface area contributed by atoms with Gasteiger partial charge in [-0.2, -0.15) is 13.2 Å². The van der Waals surface area contributed by atoms with E-state index < -0.39 is 29.0 Å². The molecule has 0 bridgehead atoms. The molecular weight excluding hydrogens is 498 g/mol. The highest BCUT2D eigenvalue weighted by Crippen LogP contribution is 2.35. The first-order chi connectivity index (χ1) is 17.2. The molecule has 0 aliphatic heterocycles. The van der Waals surface area contributed by atoms with Crippen molar-refractivity contribution in [2.75, 3.05) is 5.32 Å². The summed E-state index contributed by atoms with van der Waals surface area (Å²) in [4.78, 5) is 21.2. The number of benzene rings is 2. The smallest absolute Gasteiger partial charge is 0.416 e. The molecule has 1 N–H and O–H groups in total. The van der Waals surface area contributed by atoms with Crippen LogP contribution in [0, 0.1) is 5.82 Å². The number of ether oxygens (including phenoxy) is 1. The molecule has 0 aliphatic carbocycles. The number of nitrogens with one attached hydrogen (secondary N) is 1. The molecule has 1 amide bonds. The summed E-state index contributed by atoms with van der Waals surface area (Å²) in [5.74, 6) is -1.69. The van der Waals surface area contributed by atoms with Crippen LogP contribution in [-0.4, -0.2) is 15.9 Å². The molecule has 2 aromatic carbocycles. The quantitative estimate of drug-likeness (QED) is 0.269. The van der Waals surface area contributed by atoms with Crippen LogP contribution in [0.15, 0.2) is 73.1 Å². The van der Waals surface area contributed by atoms with Crippen LogP contribution in [0.4, 0.5) is 23.2 Å². The Labute approximate surface area is 208 Å². The molecule has 5 nitrogen and oxygen atoms in total. The Morgan fingerprint density at radius 3 is 2.58 bits per heavy atom. The Kier molecular flexibility index (Phi) is 7.21. The number of anilines is 1. The molecule has 0 saturated carbocycles. The van der Waals surface area contributed by atoms with Crippen molar-refractivity contribution in [1.82, 2.24) is 9.97 Å². The topological polar surface area (TPSA) is 64.1 Å². The Morgan fingerprint density at radius 2 is 1.83 bits per heavy atom. The molecule has 4 aromatic rings. The summed E-state index contributed by atoms with van der Waals surface area (Å²) in [6.07, 6.45) is -0.748. The van der Waals surface area contributed by atoms with Crippen LogP contribution >= 0.6 is 11.6 Å². The number of aryl methyl sites for hydroxylation is 1. The number of alkyl halides is 3. The molecule has 0 saturated heterocycles. The summed E-state index contributed by atoms with van der Waals surface area (Å²) in [6, 6.07) is 13.2. The van der Waals surface area contributed by atoms with Gasteiger partial charge in [0.1, 0.15) is 11.6 Å². The standard InChI is InChI=1S/C26H18ClF4N3O2/c1-2-17-12-15(9-11-32-17)19-4-3-10-33-25(19)36-18-6-7-21(27)23(14-18)34-24(35)20-13-16(26(29,30)31)5-8-22(20)28/h3-14H,2H2,1H3,(H,34,35). The lowest BCUT2D eigenvalue weighted by atomic mass is 10.1. The fourth-order valence-electron chi connectivity index (χ4n) is 3.37. The van der Waals surface area contributed by atoms with Crippen LogP contribution in [0.1, 0.15) is 28.5 Å². The number of carbonyl (C=O) groups excluding carboxylic acids is 1. The number of nitrogens with zero attached hydrogens (tertiary/aromatic N) is 2. The van der Waals surface area contributed by atoms with E-state index in [4.69, 9.17) is 16.3 Å². The third-order valence-electron chi connectivity index (χ3n) is 5.20. The Morgan fingerprint density at radius 1 is 1.03 bits per heavy atom. The van der Waals surface area contributed by atoms with Gasteiger partial charge in [-0.15, -0.1) is 0 Å². The number of halogens is 5. The second-order valence-electron chi connectivity index (χ2n) is 7.64. The lowest BCUT2D eigenvalue weighted by Crippen LogP contribution is -2.16. The highest BCUT2D eigenvalue weighted by molar-refractivity contribution is 6.34. The fourth-order valence-corrected chi connectivity index (χ4v) is 3.54. The number of amides is 1. The molecular formula is C26H18ClF4N3O2. The van der Waals surface area contributed by atoms with E-state index in [0.29, 0.717) is 23.8 Å². The van der Waals surface area contributed by atoms with Gasteiger partial charge in [0.15, 0.2) is 0 Å². The van der Waals surface area contributed by atoms with E-state index in [1.807, 2.05) is 25.1 Å². The van der Waals surface area contributed by atoms with Crippen LogP contribution < -0.4 is 10.1 Å². The number of carbonyl (C=O) groups is 1. The fraction of sp³-hybridized carbons (Fsp3) is 0.115. The Hall–Kier alpha value is -3.98. The van der Waals surface area contributed by atoms with Crippen LogP contribution in [-0.2, 0) is 12.6 Å². The first kappa shape index (κ1) is 25.1. The van der Waals surface area contributed by atoms with E-state index in [1.165, 1.54) is 18.2 Å². The summed E-state index contributed by atoms with van der Waals surface area (Å²) in [5.41, 5.74) is 0.519. The van der Waals surface area contributed by atoms with E-state index in [0.717, 1.165) is 17.7 Å². The zero-order valence-corrected chi connectivity index (χ0v) is 19.5. The molecule has 36 heavy (non-hydrogen) atoms. The lowest BCUT2D eigenvalue weighted by molar-refractivity contribution is -0.137. The van der Waals surface area contributed by atoms with E-state index in [1.54, 1.807) is 18.5 Å². The van der Waals surface area contributed by atoms with Crippen molar-refractivity contribution >= 4 is 23.2 Å². The average Bonchev–Trinajstić information content (AvgIpc) is 2.86. The number of hydrogen-bond acceptors (Lipinski definition) is 4. The normalized spacial score (nSPS) is 11.3. The summed E-state index contributed by atoms with van der Waals surface area (Å²) >= 11 is 6.17. The van der Waals surface area contributed by atoms with Crippen LogP contribution in [0.3, 0.4) is 0 Å². The maximum atomic E-state index is 14.1. The summed E-state index contributed by atoms with van der Waals surface area (Å²) in [7, 11) is 0. The zero-order valence-electron chi connectivity index (χ0n) is 18.7. The van der Waals surface area contributed by atoms with Gasteiger partial charge in [-0.25, -0.2) is 9.37 Å². The SMILES string of the molecule is CCc1cc(-c2cccnc2Oc2ccc(Cl)c(NC(=O)c3cc(C(F)(F)F)ccc3F)c2)ccn1. The van der Waals surface area contributed by atoms with Gasteiger partial charge in [0.2, 0.25) is 5.88 Å². The van der Waals surface area contributed by atoms with Crippen molar-refractivity contribution in [2.24, 2.45) is 0 Å². The number of pyridine rings is 2. The summed E-state index contributed by atoms with van der Waals surface area (Å²) in [6.45, 7) is 1.99. The first-order valence-corrected chi connectivity index (χ1v) is 11.1. The van der Waals surface area contributed by atoms with E-state index >= 15 is 0 Å². The van der Waals surface area contributed by atoms with Crippen molar-refractivity contribution in [1.29, 1.82) is 0 Å². The summed E-state index contributed by atoms with van der Waals surface area (Å²) < 4.78 is 59.1. The lowest BCUT2D eigenvalue weighted by Gasteiger charge is -2.14. The molecule has 4 rings (SSSR count). The van der Waals surface area contributed by atoms with E-state index in [9.17, 15) is 22.4 Å². The Balaban J connectivity index is 1.61. The van der Waals surface area contributed by atoms with Gasteiger partial charge < -0.3 is 10.1 Å². The Bertz CT molecular complexity index is 1430. The second kappa shape index (κ2) is 10.3. The van der Waals surface area contributed by atoms with Gasteiger partial charge in [0.25, 0.3) is 5.91 Å². The maximum Gasteiger partial charge on any atom is 0.416 e. The van der Waals surface area contributed by atoms with E-state index in [-0.39, 0.29) is 22.3 Å². The highest BCUT2D eigenvalue weighted by atomic mass is 35.5. The van der Waals surface area contributed by atoms with Crippen molar-refractivity contribution in [3.63, 3.8) is 0 Å². The molecule has 2 heterocycles. The summed E-state index contributed by atoms with van der Waals surface area (Å²) in [5, 5.41) is 2.42. The molecule has 0 aliphatic rings. The van der Waals surface area contributed by atoms with Crippen LogP contribution in [0.25, 0.3) is 11.1 Å². The van der Waals surface area contributed by atoms with Gasteiger partial charge in [-0.3, -0.25) is 9.78 Å². The number of hydrogen-bond donors (Lipinski definition) is 1. The maximum absolute atomic E-state index is 14.1.